The largest absolute Gasteiger partial charge is 0.469 e. The molecule has 0 bridgehead atoms. The van der Waals surface area contributed by atoms with Gasteiger partial charge in [-0.15, -0.1) is 5.10 Å². The summed E-state index contributed by atoms with van der Waals surface area (Å²) in [5.74, 6) is 2.11. The molecule has 31 heavy (non-hydrogen) atoms. The van der Waals surface area contributed by atoms with Gasteiger partial charge >= 0.3 is 0 Å². The van der Waals surface area contributed by atoms with Crippen molar-refractivity contribution in [3.05, 3.63) is 75.1 Å². The fourth-order valence-corrected chi connectivity index (χ4v) is 4.49. The van der Waals surface area contributed by atoms with Gasteiger partial charge in [-0.1, -0.05) is 11.3 Å². The maximum Gasteiger partial charge on any atom is 0.291 e. The first-order valence-electron chi connectivity index (χ1n) is 8.98. The minimum Gasteiger partial charge on any atom is -0.469 e. The molecular formula is C20H14N4O5S2. The Morgan fingerprint density at radius 1 is 1.13 bits per heavy atom. The molecule has 0 fully saturated rings. The second-order valence-electron chi connectivity index (χ2n) is 6.71. The summed E-state index contributed by atoms with van der Waals surface area (Å²) in [7, 11) is -3.76. The molecule has 0 atom stereocenters. The molecule has 156 valence electrons. The summed E-state index contributed by atoms with van der Waals surface area (Å²) in [6, 6.07) is 11.2. The third-order valence-corrected chi connectivity index (χ3v) is 6.54. The molecule has 0 radical (unpaired) electrons. The molecule has 9 nitrogen and oxygen atoms in total. The summed E-state index contributed by atoms with van der Waals surface area (Å²) in [4.78, 5) is 17.6. The standard InChI is InChI=1S/C20H14N4O5S2/c1-11-15(8-9-28-11)18-22-20-24(23-18)19(25)17(30-20)10-13-4-7-16(29-13)12-2-5-14(6-3-12)31(21,26)27/h2-10H,1H3,(H2,21,26,27)/b17-10-. The van der Waals surface area contributed by atoms with Crippen molar-refractivity contribution in [2.75, 3.05) is 0 Å². The van der Waals surface area contributed by atoms with Gasteiger partial charge in [0.05, 0.1) is 16.7 Å². The average molecular weight is 454 g/mol. The number of aryl methyl sites for hydroxylation is 1. The number of furan rings is 2. The van der Waals surface area contributed by atoms with Crippen molar-refractivity contribution < 1.29 is 17.3 Å². The molecule has 0 aliphatic rings. The second-order valence-corrected chi connectivity index (χ2v) is 9.28. The highest BCUT2D eigenvalue weighted by molar-refractivity contribution is 7.89. The maximum atomic E-state index is 12.7. The van der Waals surface area contributed by atoms with Crippen LogP contribution in [0.25, 0.3) is 33.7 Å². The number of primary sulfonamides is 1. The summed E-state index contributed by atoms with van der Waals surface area (Å²) in [6.07, 6.45) is 3.17. The van der Waals surface area contributed by atoms with E-state index < -0.39 is 10.0 Å². The Balaban J connectivity index is 1.48. The number of sulfonamides is 1. The number of aromatic nitrogens is 3. The van der Waals surface area contributed by atoms with E-state index in [0.29, 0.717) is 38.2 Å². The molecule has 4 aromatic heterocycles. The number of nitrogens with two attached hydrogens (primary N) is 1. The van der Waals surface area contributed by atoms with E-state index in [0.717, 1.165) is 5.56 Å². The van der Waals surface area contributed by atoms with Crippen LogP contribution in [-0.4, -0.2) is 23.0 Å². The molecule has 5 aromatic rings. The van der Waals surface area contributed by atoms with Crippen LogP contribution in [0.4, 0.5) is 0 Å². The van der Waals surface area contributed by atoms with Crippen LogP contribution in [-0.2, 0) is 10.0 Å². The van der Waals surface area contributed by atoms with Crippen LogP contribution in [0.1, 0.15) is 11.5 Å². The van der Waals surface area contributed by atoms with Crippen molar-refractivity contribution >= 4 is 32.4 Å². The maximum absolute atomic E-state index is 12.7. The highest BCUT2D eigenvalue weighted by Gasteiger charge is 2.15. The van der Waals surface area contributed by atoms with Crippen LogP contribution in [0, 0.1) is 6.92 Å². The van der Waals surface area contributed by atoms with E-state index in [-0.39, 0.29) is 10.5 Å². The molecule has 5 rings (SSSR count). The number of nitrogens with zero attached hydrogens (tertiary/aromatic N) is 3. The Kier molecular flexibility index (Phi) is 4.39. The lowest BCUT2D eigenvalue weighted by Crippen LogP contribution is -2.23. The van der Waals surface area contributed by atoms with Gasteiger partial charge < -0.3 is 8.83 Å². The molecule has 0 saturated heterocycles. The third-order valence-electron chi connectivity index (χ3n) is 4.65. The van der Waals surface area contributed by atoms with Gasteiger partial charge in [0.15, 0.2) is 5.82 Å². The van der Waals surface area contributed by atoms with Crippen molar-refractivity contribution in [3.63, 3.8) is 0 Å². The number of hydrogen-bond acceptors (Lipinski definition) is 8. The highest BCUT2D eigenvalue weighted by Crippen LogP contribution is 2.24. The summed E-state index contributed by atoms with van der Waals surface area (Å²) < 4.78 is 35.5. The zero-order valence-electron chi connectivity index (χ0n) is 16.0. The fourth-order valence-electron chi connectivity index (χ4n) is 3.09. The van der Waals surface area contributed by atoms with Crippen molar-refractivity contribution in [2.45, 2.75) is 11.8 Å². The first kappa shape index (κ1) is 19.4. The number of thiazole rings is 1. The van der Waals surface area contributed by atoms with Crippen molar-refractivity contribution in [1.82, 2.24) is 14.6 Å². The minimum absolute atomic E-state index is 0.0185. The SMILES string of the molecule is Cc1occc1-c1nc2s/c(=C\c3ccc(-c4ccc(S(N)(=O)=O)cc4)o3)c(=O)n2n1. The molecule has 1 aromatic carbocycles. The second kappa shape index (κ2) is 7.01. The third kappa shape index (κ3) is 3.48. The van der Waals surface area contributed by atoms with E-state index in [1.807, 2.05) is 0 Å². The van der Waals surface area contributed by atoms with Gasteiger partial charge in [-0.2, -0.15) is 9.50 Å². The van der Waals surface area contributed by atoms with Crippen molar-refractivity contribution in [1.29, 1.82) is 0 Å². The zero-order chi connectivity index (χ0) is 21.8. The Bertz CT molecular complexity index is 1640. The number of benzene rings is 1. The molecule has 4 heterocycles. The van der Waals surface area contributed by atoms with Gasteiger partial charge in [-0.3, -0.25) is 4.79 Å². The lowest BCUT2D eigenvalue weighted by Gasteiger charge is -2.00. The van der Waals surface area contributed by atoms with E-state index >= 15 is 0 Å². The van der Waals surface area contributed by atoms with E-state index in [2.05, 4.69) is 10.1 Å². The number of hydrogen-bond donors (Lipinski definition) is 1. The Morgan fingerprint density at radius 2 is 1.90 bits per heavy atom. The normalized spacial score (nSPS) is 12.8. The molecule has 11 heteroatoms. The van der Waals surface area contributed by atoms with Crippen LogP contribution in [0.2, 0.25) is 0 Å². The lowest BCUT2D eigenvalue weighted by atomic mass is 10.2. The predicted molar refractivity (Wildman–Crippen MR) is 114 cm³/mol. The number of fused-ring (bicyclic) bond motifs is 1. The summed E-state index contributed by atoms with van der Waals surface area (Å²) in [5.41, 5.74) is 1.12. The molecule has 0 amide bonds. The van der Waals surface area contributed by atoms with Gasteiger partial charge in [0.25, 0.3) is 5.56 Å². The monoisotopic (exact) mass is 454 g/mol. The predicted octanol–water partition coefficient (Wildman–Crippen LogP) is 2.17. The Morgan fingerprint density at radius 3 is 2.55 bits per heavy atom. The van der Waals surface area contributed by atoms with Gasteiger partial charge in [-0.05, 0) is 49.4 Å². The van der Waals surface area contributed by atoms with Crippen LogP contribution in [0.3, 0.4) is 0 Å². The highest BCUT2D eigenvalue weighted by atomic mass is 32.2. The first-order chi connectivity index (χ1) is 14.8. The van der Waals surface area contributed by atoms with Crippen molar-refractivity contribution in [2.24, 2.45) is 5.14 Å². The minimum atomic E-state index is -3.76. The van der Waals surface area contributed by atoms with Gasteiger partial charge in [-0.25, -0.2) is 13.6 Å². The summed E-state index contributed by atoms with van der Waals surface area (Å²) >= 11 is 1.20. The fraction of sp³-hybridized carbons (Fsp3) is 0.0500. The van der Waals surface area contributed by atoms with Crippen molar-refractivity contribution in [3.8, 4) is 22.7 Å². The van der Waals surface area contributed by atoms with E-state index in [9.17, 15) is 13.2 Å². The summed E-state index contributed by atoms with van der Waals surface area (Å²) in [5, 5.41) is 9.41. The van der Waals surface area contributed by atoms with Crippen LogP contribution < -0.4 is 15.2 Å². The molecule has 0 spiro atoms. The molecule has 0 saturated carbocycles. The van der Waals surface area contributed by atoms with Crippen LogP contribution in [0.15, 0.2) is 67.3 Å². The Hall–Kier alpha value is -3.54. The van der Waals surface area contributed by atoms with E-state index in [4.69, 9.17) is 14.0 Å². The zero-order valence-corrected chi connectivity index (χ0v) is 17.6. The average Bonchev–Trinajstić information content (AvgIpc) is 3.49. The van der Waals surface area contributed by atoms with Gasteiger partial charge in [0.1, 0.15) is 21.8 Å². The first-order valence-corrected chi connectivity index (χ1v) is 11.3. The number of rotatable bonds is 4. The van der Waals surface area contributed by atoms with E-state index in [1.165, 1.54) is 28.0 Å². The van der Waals surface area contributed by atoms with Crippen LogP contribution >= 0.6 is 11.3 Å². The topological polar surface area (TPSA) is 134 Å². The molecule has 2 N–H and O–H groups in total. The molecular weight excluding hydrogens is 440 g/mol. The smallest absolute Gasteiger partial charge is 0.291 e. The lowest BCUT2D eigenvalue weighted by molar-refractivity contribution is 0.535. The Labute approximate surface area is 179 Å². The van der Waals surface area contributed by atoms with E-state index in [1.54, 1.807) is 49.6 Å². The van der Waals surface area contributed by atoms with Crippen LogP contribution in [0.5, 0.6) is 0 Å². The summed E-state index contributed by atoms with van der Waals surface area (Å²) in [6.45, 7) is 1.80. The molecule has 0 aliphatic carbocycles. The molecule has 0 unspecified atom stereocenters. The quantitative estimate of drug-likeness (QED) is 0.440. The van der Waals surface area contributed by atoms with Gasteiger partial charge in [0.2, 0.25) is 15.0 Å². The molecule has 0 aliphatic heterocycles. The van der Waals surface area contributed by atoms with Gasteiger partial charge in [0, 0.05) is 11.6 Å².